The normalized spacial score (nSPS) is 12.9. The van der Waals surface area contributed by atoms with Gasteiger partial charge in [0.25, 0.3) is 0 Å². The Bertz CT molecular complexity index is 1210. The Labute approximate surface area is 191 Å². The summed E-state index contributed by atoms with van der Waals surface area (Å²) in [4.78, 5) is 16.5. The molecule has 0 saturated heterocycles. The first-order valence-corrected chi connectivity index (χ1v) is 12.3. The predicted octanol–water partition coefficient (Wildman–Crippen LogP) is 2.37. The molecule has 1 amide bonds. The molecule has 33 heavy (non-hydrogen) atoms. The summed E-state index contributed by atoms with van der Waals surface area (Å²) < 4.78 is 42.1. The lowest BCUT2D eigenvalue weighted by molar-refractivity contribution is -0.121. The van der Waals surface area contributed by atoms with Crippen LogP contribution in [0.25, 0.3) is 11.4 Å². The Hall–Kier alpha value is -3.60. The summed E-state index contributed by atoms with van der Waals surface area (Å²) in [6.07, 6.45) is 1.59. The van der Waals surface area contributed by atoms with Crippen molar-refractivity contribution in [2.45, 2.75) is 19.4 Å². The smallest absolute Gasteiger partial charge is 0.246 e. The van der Waals surface area contributed by atoms with Crippen LogP contribution in [0.2, 0.25) is 0 Å². The van der Waals surface area contributed by atoms with Crippen molar-refractivity contribution in [3.8, 4) is 22.9 Å². The van der Waals surface area contributed by atoms with Crippen LogP contribution in [-0.2, 0) is 21.4 Å². The van der Waals surface area contributed by atoms with Gasteiger partial charge in [0.2, 0.25) is 27.6 Å². The van der Waals surface area contributed by atoms with Gasteiger partial charge < -0.3 is 19.3 Å². The van der Waals surface area contributed by atoms with Gasteiger partial charge in [0.1, 0.15) is 13.2 Å². The highest BCUT2D eigenvalue weighted by atomic mass is 32.2. The van der Waals surface area contributed by atoms with Gasteiger partial charge in [0, 0.05) is 24.6 Å². The zero-order valence-corrected chi connectivity index (χ0v) is 18.9. The molecule has 11 heteroatoms. The highest BCUT2D eigenvalue weighted by Crippen LogP contribution is 2.34. The topological polar surface area (TPSA) is 124 Å². The van der Waals surface area contributed by atoms with E-state index in [4.69, 9.17) is 14.0 Å². The maximum atomic E-state index is 12.3. The molecule has 3 aromatic rings. The fraction of sp³-hybridized carbons (Fsp3) is 0.318. The number of amides is 1. The summed E-state index contributed by atoms with van der Waals surface area (Å²) >= 11 is 0. The van der Waals surface area contributed by atoms with Crippen LogP contribution in [0.5, 0.6) is 11.5 Å². The number of fused-ring (bicyclic) bond motifs is 1. The van der Waals surface area contributed by atoms with Crippen molar-refractivity contribution in [3.05, 3.63) is 54.4 Å². The van der Waals surface area contributed by atoms with Gasteiger partial charge >= 0.3 is 0 Å². The molecule has 4 rings (SSSR count). The lowest BCUT2D eigenvalue weighted by Crippen LogP contribution is -2.32. The third-order valence-electron chi connectivity index (χ3n) is 4.92. The summed E-state index contributed by atoms with van der Waals surface area (Å²) in [6.45, 7) is 1.10. The summed E-state index contributed by atoms with van der Waals surface area (Å²) in [6, 6.07) is 14.3. The number of anilines is 1. The molecule has 0 spiro atoms. The van der Waals surface area contributed by atoms with E-state index in [2.05, 4.69) is 15.5 Å². The zero-order chi connectivity index (χ0) is 23.3. The number of benzene rings is 2. The summed E-state index contributed by atoms with van der Waals surface area (Å²) in [5.41, 5.74) is 1.28. The van der Waals surface area contributed by atoms with E-state index >= 15 is 0 Å². The molecule has 0 bridgehead atoms. The third kappa shape index (κ3) is 5.80. The molecule has 1 aliphatic heterocycles. The molecule has 0 atom stereocenters. The number of aromatic nitrogens is 2. The van der Waals surface area contributed by atoms with Gasteiger partial charge in [-0.25, -0.2) is 8.42 Å². The number of carbonyl (C=O) groups excluding carboxylic acids is 1. The van der Waals surface area contributed by atoms with E-state index in [1.54, 1.807) is 18.2 Å². The lowest BCUT2D eigenvalue weighted by atomic mass is 10.2. The highest BCUT2D eigenvalue weighted by Gasteiger charge is 2.21. The fourth-order valence-corrected chi connectivity index (χ4v) is 4.31. The molecule has 0 aliphatic carbocycles. The number of carbonyl (C=O) groups is 1. The average molecular weight is 473 g/mol. The molecular formula is C22H24N4O6S. The van der Waals surface area contributed by atoms with Crippen molar-refractivity contribution >= 4 is 21.6 Å². The van der Waals surface area contributed by atoms with Crippen LogP contribution < -0.4 is 19.1 Å². The molecule has 1 aliphatic rings. The van der Waals surface area contributed by atoms with E-state index in [1.807, 2.05) is 30.3 Å². The first-order valence-electron chi connectivity index (χ1n) is 10.4. The fourth-order valence-electron chi connectivity index (χ4n) is 3.35. The molecule has 1 N–H and O–H groups in total. The zero-order valence-electron chi connectivity index (χ0n) is 18.1. The van der Waals surface area contributed by atoms with E-state index in [9.17, 15) is 13.2 Å². The standard InChI is InChI=1S/C22H24N4O6S/c1-33(28,29)26(17-9-10-18-19(14-17)31-13-12-30-18)11-5-8-20(27)23-15-21-24-22(25-32-21)16-6-3-2-4-7-16/h2-4,6-7,9-10,14H,5,8,11-13,15H2,1H3,(H,23,27). The summed E-state index contributed by atoms with van der Waals surface area (Å²) in [5, 5.41) is 6.63. The van der Waals surface area contributed by atoms with Crippen LogP contribution in [0.4, 0.5) is 5.69 Å². The Morgan fingerprint density at radius 1 is 1.09 bits per heavy atom. The number of hydrogen-bond acceptors (Lipinski definition) is 8. The number of rotatable bonds is 9. The molecule has 1 aromatic heterocycles. The largest absolute Gasteiger partial charge is 0.486 e. The second-order valence-corrected chi connectivity index (χ2v) is 9.33. The van der Waals surface area contributed by atoms with Crippen LogP contribution in [0.15, 0.2) is 53.1 Å². The molecule has 10 nitrogen and oxygen atoms in total. The Balaban J connectivity index is 1.30. The molecule has 0 unspecified atom stereocenters. The average Bonchev–Trinajstić information content (AvgIpc) is 3.29. The van der Waals surface area contributed by atoms with Crippen LogP contribution in [0.1, 0.15) is 18.7 Å². The maximum Gasteiger partial charge on any atom is 0.246 e. The van der Waals surface area contributed by atoms with Gasteiger partial charge in [-0.05, 0) is 18.6 Å². The molecule has 2 aromatic carbocycles. The molecule has 0 saturated carbocycles. The molecule has 2 heterocycles. The van der Waals surface area contributed by atoms with E-state index in [-0.39, 0.29) is 31.3 Å². The molecule has 0 radical (unpaired) electrons. The Morgan fingerprint density at radius 2 is 1.85 bits per heavy atom. The van der Waals surface area contributed by atoms with E-state index < -0.39 is 10.0 Å². The minimum Gasteiger partial charge on any atom is -0.486 e. The van der Waals surface area contributed by atoms with Gasteiger partial charge in [-0.15, -0.1) is 0 Å². The second kappa shape index (κ2) is 9.90. The summed E-state index contributed by atoms with van der Waals surface area (Å²) in [5.74, 6) is 1.57. The van der Waals surface area contributed by atoms with Crippen molar-refractivity contribution in [2.75, 3.05) is 30.3 Å². The van der Waals surface area contributed by atoms with Crippen LogP contribution in [0.3, 0.4) is 0 Å². The number of hydrogen-bond donors (Lipinski definition) is 1. The first-order chi connectivity index (χ1) is 15.9. The van der Waals surface area contributed by atoms with E-state index in [1.165, 1.54) is 4.31 Å². The van der Waals surface area contributed by atoms with Crippen molar-refractivity contribution in [3.63, 3.8) is 0 Å². The Kier molecular flexibility index (Phi) is 6.78. The third-order valence-corrected chi connectivity index (χ3v) is 6.11. The quantitative estimate of drug-likeness (QED) is 0.503. The van der Waals surface area contributed by atoms with E-state index in [0.29, 0.717) is 42.6 Å². The van der Waals surface area contributed by atoms with Crippen molar-refractivity contribution in [2.24, 2.45) is 0 Å². The van der Waals surface area contributed by atoms with E-state index in [0.717, 1.165) is 11.8 Å². The monoisotopic (exact) mass is 472 g/mol. The first kappa shape index (κ1) is 22.6. The van der Waals surface area contributed by atoms with Crippen LogP contribution >= 0.6 is 0 Å². The van der Waals surface area contributed by atoms with Crippen molar-refractivity contribution < 1.29 is 27.2 Å². The van der Waals surface area contributed by atoms with Crippen molar-refractivity contribution in [1.29, 1.82) is 0 Å². The minimum atomic E-state index is -3.55. The maximum absolute atomic E-state index is 12.3. The number of nitrogens with zero attached hydrogens (tertiary/aromatic N) is 3. The molecule has 174 valence electrons. The lowest BCUT2D eigenvalue weighted by Gasteiger charge is -2.25. The summed E-state index contributed by atoms with van der Waals surface area (Å²) in [7, 11) is -3.55. The number of ether oxygens (including phenoxy) is 2. The van der Waals surface area contributed by atoms with Crippen molar-refractivity contribution in [1.82, 2.24) is 15.5 Å². The predicted molar refractivity (Wildman–Crippen MR) is 120 cm³/mol. The van der Waals surface area contributed by atoms with Gasteiger partial charge in [-0.1, -0.05) is 35.5 Å². The minimum absolute atomic E-state index is 0.0939. The molecular weight excluding hydrogens is 448 g/mol. The van der Waals surface area contributed by atoms with Gasteiger partial charge in [-0.2, -0.15) is 4.98 Å². The SMILES string of the molecule is CS(=O)(=O)N(CCCC(=O)NCc1nc(-c2ccccc2)no1)c1ccc2c(c1)OCCO2. The Morgan fingerprint density at radius 3 is 2.61 bits per heavy atom. The highest BCUT2D eigenvalue weighted by molar-refractivity contribution is 7.92. The number of nitrogens with one attached hydrogen (secondary N) is 1. The van der Waals surface area contributed by atoms with Crippen LogP contribution in [0, 0.1) is 0 Å². The number of sulfonamides is 1. The van der Waals surface area contributed by atoms with Gasteiger partial charge in [0.05, 0.1) is 18.5 Å². The molecule has 0 fully saturated rings. The second-order valence-electron chi connectivity index (χ2n) is 7.42. The van der Waals surface area contributed by atoms with Gasteiger partial charge in [0.15, 0.2) is 11.5 Å². The van der Waals surface area contributed by atoms with Crippen LogP contribution in [-0.4, -0.2) is 50.5 Å². The van der Waals surface area contributed by atoms with Gasteiger partial charge in [-0.3, -0.25) is 9.10 Å².